The molecule has 72 heavy (non-hydrogen) atoms. The van der Waals surface area contributed by atoms with Crippen molar-refractivity contribution in [1.29, 1.82) is 0 Å². The van der Waals surface area contributed by atoms with Gasteiger partial charge in [0, 0.05) is 40.2 Å². The zero-order chi connectivity index (χ0) is 53.7. The molecule has 19 heteroatoms. The van der Waals surface area contributed by atoms with Gasteiger partial charge in [-0.3, -0.25) is 14.4 Å². The summed E-state index contributed by atoms with van der Waals surface area (Å²) >= 11 is 0. The van der Waals surface area contributed by atoms with Gasteiger partial charge in [-0.15, -0.1) is 0 Å². The van der Waals surface area contributed by atoms with Gasteiger partial charge in [-0.25, -0.2) is 0 Å². The topological polar surface area (TPSA) is 248 Å². The third-order valence-corrected chi connectivity index (χ3v) is 11.1. The minimum absolute atomic E-state index is 0.227. The normalized spacial score (nSPS) is 11.9. The van der Waals surface area contributed by atoms with E-state index in [9.17, 15) is 24.3 Å². The summed E-state index contributed by atoms with van der Waals surface area (Å²) in [4.78, 5) is 46.4. The van der Waals surface area contributed by atoms with E-state index in [0.29, 0.717) is 171 Å². The first-order chi connectivity index (χ1) is 35.1. The van der Waals surface area contributed by atoms with Crippen LogP contribution in [0, 0.1) is 5.41 Å². The molecule has 1 unspecified atom stereocenters. The number of carbonyl (C=O) groups excluding carboxylic acids is 2. The van der Waals surface area contributed by atoms with Crippen molar-refractivity contribution in [3.05, 3.63) is 0 Å². The largest absolute Gasteiger partial charge is 0.481 e. The fourth-order valence-corrected chi connectivity index (χ4v) is 6.68. The van der Waals surface area contributed by atoms with Gasteiger partial charge in [-0.05, 0) is 26.2 Å². The van der Waals surface area contributed by atoms with E-state index in [1.807, 2.05) is 6.92 Å². The number of ketones is 1. The molecule has 5 N–H and O–H groups in total. The second kappa shape index (κ2) is 62.9. The zero-order valence-electron chi connectivity index (χ0n) is 46.0. The average Bonchev–Trinajstić information content (AvgIpc) is 3.36. The number of Topliss-reactive ketones (excluding diaryl/α,β-unsaturated/α-hetero) is 1. The molecule has 0 aliphatic heterocycles. The van der Waals surface area contributed by atoms with Crippen molar-refractivity contribution in [3.63, 3.8) is 0 Å². The van der Waals surface area contributed by atoms with Gasteiger partial charge in [0.15, 0.2) is 0 Å². The maximum absolute atomic E-state index is 13.3. The second-order valence-corrected chi connectivity index (χ2v) is 17.3. The average molecular weight is 1040 g/mol. The monoisotopic (exact) mass is 1040 g/mol. The zero-order valence-corrected chi connectivity index (χ0v) is 46.0. The Morgan fingerprint density at radius 2 is 0.722 bits per heavy atom. The van der Waals surface area contributed by atoms with E-state index in [2.05, 4.69) is 12.2 Å². The Morgan fingerprint density at radius 1 is 0.431 bits per heavy atom. The third kappa shape index (κ3) is 58.5. The molecule has 0 saturated carbocycles. The Balaban J connectivity index is -0.00000141. The smallest absolute Gasteiger partial charge is 0.319 e. The van der Waals surface area contributed by atoms with E-state index in [4.69, 9.17) is 62.9 Å². The molecule has 1 atom stereocenters. The van der Waals surface area contributed by atoms with E-state index >= 15 is 0 Å². The first-order valence-corrected chi connectivity index (χ1v) is 27.2. The molecular formula is C53H106N2O17. The predicted molar refractivity (Wildman–Crippen MR) is 280 cm³/mol. The van der Waals surface area contributed by atoms with Gasteiger partial charge in [0.1, 0.15) is 11.2 Å². The summed E-state index contributed by atoms with van der Waals surface area (Å²) < 4.78 is 57.9. The minimum atomic E-state index is -1.41. The molecule has 0 bridgehead atoms. The minimum Gasteiger partial charge on any atom is -0.481 e. The quantitative estimate of drug-likeness (QED) is 0.0341. The molecule has 430 valence electrons. The number of nitrogens with one attached hydrogen (secondary N) is 1. The molecule has 0 aromatic carbocycles. The van der Waals surface area contributed by atoms with Crippen LogP contribution in [0.3, 0.4) is 0 Å². The van der Waals surface area contributed by atoms with Gasteiger partial charge in [0.2, 0.25) is 5.91 Å². The summed E-state index contributed by atoms with van der Waals surface area (Å²) in [6.45, 7) is 16.9. The fraction of sp³-hybridized carbons (Fsp3) is 0.925. The van der Waals surface area contributed by atoms with Crippen LogP contribution in [0.2, 0.25) is 0 Å². The van der Waals surface area contributed by atoms with E-state index < -0.39 is 23.3 Å². The van der Waals surface area contributed by atoms with Gasteiger partial charge in [-0.2, -0.15) is 0 Å². The number of ether oxygens (including phenoxy) is 11. The van der Waals surface area contributed by atoms with Crippen LogP contribution in [-0.4, -0.2) is 193 Å². The van der Waals surface area contributed by atoms with Crippen molar-refractivity contribution in [3.8, 4) is 0 Å². The molecular weight excluding hydrogens is 937 g/mol. The maximum Gasteiger partial charge on any atom is 0.319 e. The van der Waals surface area contributed by atoms with Gasteiger partial charge in [-0.1, -0.05) is 117 Å². The number of hydrogen-bond donors (Lipinski definition) is 4. The number of carboxylic acids is 2. The molecule has 0 rings (SSSR count). The van der Waals surface area contributed by atoms with Crippen LogP contribution in [0.15, 0.2) is 0 Å². The first-order valence-electron chi connectivity index (χ1n) is 27.2. The third-order valence-electron chi connectivity index (χ3n) is 11.1. The van der Waals surface area contributed by atoms with Crippen LogP contribution in [0.1, 0.15) is 156 Å². The standard InChI is InChI=1S/C34H65NO9.C15H33NO7.C4H8O/c1-3-4-5-6-7-9-12-15-18-21-34(33(39)40,22-19-16-13-10-8-11-14-17-20-31(36)37)32(38)35-23-24-42-27-28-44-30-29-43-26-25-41-2;1-17-4-5-19-8-9-21-12-13-23-15-14-22-11-10-20-7-6-18-3-2-16;1-3-4(2)5/h3-30H2,1-2H3,(H,35,38)(H,36,37)(H,39,40);2-16H2,1H3;3H2,1-2H3. The van der Waals surface area contributed by atoms with Crippen molar-refractivity contribution in [1.82, 2.24) is 5.32 Å². The van der Waals surface area contributed by atoms with Crippen LogP contribution in [-0.2, 0) is 71.3 Å². The highest BCUT2D eigenvalue weighted by Gasteiger charge is 2.44. The number of methoxy groups -OCH3 is 2. The molecule has 0 saturated heterocycles. The summed E-state index contributed by atoms with van der Waals surface area (Å²) in [5.74, 6) is -1.93. The number of aliphatic carboxylic acids is 2. The summed E-state index contributed by atoms with van der Waals surface area (Å²) in [6.07, 6.45) is 19.1. The molecule has 1 amide bonds. The number of hydrogen-bond acceptors (Lipinski definition) is 16. The number of carbonyl (C=O) groups is 4. The number of unbranched alkanes of at least 4 members (excludes halogenated alkanes) is 15. The lowest BCUT2D eigenvalue weighted by atomic mass is 9.76. The molecule has 0 heterocycles. The Labute approximate surface area is 435 Å². The number of amides is 1. The van der Waals surface area contributed by atoms with E-state index in [1.165, 1.54) is 32.1 Å². The molecule has 0 radical (unpaired) electrons. The molecule has 0 aromatic rings. The van der Waals surface area contributed by atoms with Crippen molar-refractivity contribution < 1.29 is 81.5 Å². The summed E-state index contributed by atoms with van der Waals surface area (Å²) in [7, 11) is 3.27. The Morgan fingerprint density at radius 3 is 1.01 bits per heavy atom. The van der Waals surface area contributed by atoms with Crippen molar-refractivity contribution in [2.24, 2.45) is 11.1 Å². The molecule has 0 aliphatic rings. The highest BCUT2D eigenvalue weighted by molar-refractivity contribution is 6.01. The molecule has 0 aromatic heterocycles. The Hall–Kier alpha value is -2.40. The van der Waals surface area contributed by atoms with Crippen LogP contribution in [0.4, 0.5) is 0 Å². The molecule has 0 aliphatic carbocycles. The van der Waals surface area contributed by atoms with Crippen molar-refractivity contribution >= 4 is 23.6 Å². The molecule has 0 spiro atoms. The lowest BCUT2D eigenvalue weighted by molar-refractivity contribution is -0.157. The van der Waals surface area contributed by atoms with Crippen LogP contribution in [0.25, 0.3) is 0 Å². The van der Waals surface area contributed by atoms with Crippen LogP contribution in [0.5, 0.6) is 0 Å². The summed E-state index contributed by atoms with van der Waals surface area (Å²) in [5.41, 5.74) is 3.88. The second-order valence-electron chi connectivity index (χ2n) is 17.3. The lowest BCUT2D eigenvalue weighted by Gasteiger charge is -2.28. The van der Waals surface area contributed by atoms with E-state index in [0.717, 1.165) is 64.2 Å². The van der Waals surface area contributed by atoms with Gasteiger partial charge in [0.05, 0.1) is 132 Å². The molecule has 0 fully saturated rings. The fourth-order valence-electron chi connectivity index (χ4n) is 6.68. The Bertz CT molecular complexity index is 1120. The van der Waals surface area contributed by atoms with Crippen molar-refractivity contribution in [2.45, 2.75) is 156 Å². The van der Waals surface area contributed by atoms with Crippen LogP contribution < -0.4 is 11.1 Å². The Kier molecular flexibility index (Phi) is 64.5. The van der Waals surface area contributed by atoms with Gasteiger partial charge >= 0.3 is 11.9 Å². The lowest BCUT2D eigenvalue weighted by Crippen LogP contribution is -2.47. The van der Waals surface area contributed by atoms with Crippen molar-refractivity contribution in [2.75, 3.05) is 159 Å². The number of rotatable bonds is 56. The van der Waals surface area contributed by atoms with Gasteiger partial charge in [0.25, 0.3) is 0 Å². The summed E-state index contributed by atoms with van der Waals surface area (Å²) in [5, 5.41) is 21.9. The maximum atomic E-state index is 13.3. The highest BCUT2D eigenvalue weighted by Crippen LogP contribution is 2.33. The summed E-state index contributed by atoms with van der Waals surface area (Å²) in [6, 6.07) is 0. The predicted octanol–water partition coefficient (Wildman–Crippen LogP) is 7.45. The van der Waals surface area contributed by atoms with Crippen LogP contribution >= 0.6 is 0 Å². The van der Waals surface area contributed by atoms with E-state index in [-0.39, 0.29) is 18.7 Å². The SMILES string of the molecule is CCC(C)=O.CCCCCCCCCCCC(CCCCCCCCCCC(=O)O)(C(=O)O)C(=O)NCCOCCOCCOCCOC.COCCOCCOCCOCCOCCOCCOCCN. The highest BCUT2D eigenvalue weighted by atomic mass is 16.6. The number of nitrogens with two attached hydrogens (primary N) is 1. The number of carboxylic acid groups (broad SMARTS) is 2. The van der Waals surface area contributed by atoms with Gasteiger partial charge < -0.3 is 78.2 Å². The first kappa shape index (κ1) is 73.8. The molecule has 19 nitrogen and oxygen atoms in total. The van der Waals surface area contributed by atoms with E-state index in [1.54, 1.807) is 21.1 Å².